The summed E-state index contributed by atoms with van der Waals surface area (Å²) >= 11 is 10.4. The molecular formula is C21H24ClN5O2S. The van der Waals surface area contributed by atoms with Crippen molar-refractivity contribution in [3.63, 3.8) is 0 Å². The summed E-state index contributed by atoms with van der Waals surface area (Å²) in [6.45, 7) is 0.504. The number of hydrogen-bond acceptors (Lipinski definition) is 6. The lowest BCUT2D eigenvalue weighted by Gasteiger charge is -2.08. The van der Waals surface area contributed by atoms with Crippen molar-refractivity contribution in [1.29, 1.82) is 0 Å². The molecule has 1 aromatic carbocycles. The lowest BCUT2D eigenvalue weighted by molar-refractivity contribution is -0.115. The number of aromatic nitrogens is 4. The number of halogens is 1. The fraction of sp³-hybridized carbons (Fsp3) is 0.333. The third-order valence-electron chi connectivity index (χ3n) is 4.44. The number of amides is 1. The number of aliphatic hydroxyl groups excluding tert-OH is 1. The van der Waals surface area contributed by atoms with Crippen LogP contribution >= 0.6 is 24.2 Å². The molecule has 0 fully saturated rings. The van der Waals surface area contributed by atoms with Crippen LogP contribution in [0.3, 0.4) is 0 Å². The van der Waals surface area contributed by atoms with Crippen molar-refractivity contribution in [2.75, 3.05) is 17.7 Å². The Hall–Kier alpha value is -2.42. The third-order valence-corrected chi connectivity index (χ3v) is 4.98. The Kier molecular flexibility index (Phi) is 8.24. The molecule has 0 radical (unpaired) electrons. The summed E-state index contributed by atoms with van der Waals surface area (Å²) in [6.07, 6.45) is 7.58. The molecule has 9 heteroatoms. The Morgan fingerprint density at radius 1 is 1.23 bits per heavy atom. The second-order valence-electron chi connectivity index (χ2n) is 6.82. The predicted molar refractivity (Wildman–Crippen MR) is 120 cm³/mol. The minimum Gasteiger partial charge on any atom is -0.394 e. The van der Waals surface area contributed by atoms with Crippen LogP contribution in [-0.4, -0.2) is 43.1 Å². The van der Waals surface area contributed by atoms with Crippen LogP contribution in [0.1, 0.15) is 29.1 Å². The summed E-state index contributed by atoms with van der Waals surface area (Å²) in [6, 6.07) is 7.76. The molecule has 158 valence electrons. The number of nitrogens with zero attached hydrogens (tertiary/aromatic N) is 4. The number of benzene rings is 1. The summed E-state index contributed by atoms with van der Waals surface area (Å²) in [5.74, 6) is 1.14. The van der Waals surface area contributed by atoms with Gasteiger partial charge < -0.3 is 10.4 Å². The number of carbonyl (C=O) groups excluding carboxylic acids is 1. The first-order valence-corrected chi connectivity index (χ1v) is 10.7. The second kappa shape index (κ2) is 11.1. The summed E-state index contributed by atoms with van der Waals surface area (Å²) in [5, 5.41) is 16.6. The number of hydrogen-bond donors (Lipinski definition) is 3. The maximum atomic E-state index is 11.8. The van der Waals surface area contributed by atoms with Crippen molar-refractivity contribution in [3.8, 4) is 0 Å². The number of anilines is 1. The quantitative estimate of drug-likeness (QED) is 0.417. The molecule has 0 saturated heterocycles. The highest BCUT2D eigenvalue weighted by Gasteiger charge is 2.09. The van der Waals surface area contributed by atoms with Gasteiger partial charge in [0.2, 0.25) is 5.91 Å². The lowest BCUT2D eigenvalue weighted by Crippen LogP contribution is -2.11. The van der Waals surface area contributed by atoms with Gasteiger partial charge in [0.05, 0.1) is 30.1 Å². The molecule has 0 aliphatic rings. The number of carbonyl (C=O) groups is 1. The third kappa shape index (κ3) is 6.55. The van der Waals surface area contributed by atoms with Crippen LogP contribution in [0.15, 0.2) is 42.9 Å². The zero-order chi connectivity index (χ0) is 21.3. The Bertz CT molecular complexity index is 995. The maximum Gasteiger partial charge on any atom is 0.225 e. The van der Waals surface area contributed by atoms with E-state index in [2.05, 4.69) is 33.0 Å². The van der Waals surface area contributed by atoms with Crippen molar-refractivity contribution < 1.29 is 9.90 Å². The Balaban J connectivity index is 1.63. The maximum absolute atomic E-state index is 11.8. The first-order chi connectivity index (χ1) is 14.6. The summed E-state index contributed by atoms with van der Waals surface area (Å²) in [5.41, 5.74) is 3.61. The molecule has 0 bridgehead atoms. The van der Waals surface area contributed by atoms with Gasteiger partial charge >= 0.3 is 0 Å². The molecule has 0 atom stereocenters. The van der Waals surface area contributed by atoms with Gasteiger partial charge in [0.25, 0.3) is 0 Å². The number of rotatable bonds is 10. The summed E-state index contributed by atoms with van der Waals surface area (Å²) < 4.78 is 1.69. The van der Waals surface area contributed by atoms with E-state index in [-0.39, 0.29) is 12.5 Å². The van der Waals surface area contributed by atoms with E-state index < -0.39 is 0 Å². The van der Waals surface area contributed by atoms with E-state index in [1.165, 1.54) is 0 Å². The van der Waals surface area contributed by atoms with Crippen LogP contribution in [0.5, 0.6) is 0 Å². The summed E-state index contributed by atoms with van der Waals surface area (Å²) in [7, 11) is 0. The van der Waals surface area contributed by atoms with Crippen LogP contribution in [0.25, 0.3) is 0 Å². The molecule has 0 saturated carbocycles. The molecule has 0 unspecified atom stereocenters. The topological polar surface area (TPSA) is 92.9 Å². The molecule has 3 rings (SSSR count). The molecule has 2 aromatic heterocycles. The molecule has 7 nitrogen and oxygen atoms in total. The van der Waals surface area contributed by atoms with Gasteiger partial charge in [-0.15, -0.1) is 0 Å². The van der Waals surface area contributed by atoms with Crippen LogP contribution in [0, 0.1) is 0 Å². The molecule has 0 spiro atoms. The fourth-order valence-corrected chi connectivity index (χ4v) is 3.39. The van der Waals surface area contributed by atoms with Gasteiger partial charge in [-0.05, 0) is 41.9 Å². The first kappa shape index (κ1) is 22.3. The zero-order valence-corrected chi connectivity index (χ0v) is 18.1. The highest BCUT2D eigenvalue weighted by atomic mass is 35.5. The fourth-order valence-electron chi connectivity index (χ4n) is 3.00. The molecule has 3 aromatic rings. The molecule has 30 heavy (non-hydrogen) atoms. The van der Waals surface area contributed by atoms with Gasteiger partial charge in [-0.25, -0.2) is 9.97 Å². The largest absolute Gasteiger partial charge is 0.394 e. The van der Waals surface area contributed by atoms with Crippen molar-refractivity contribution in [2.24, 2.45) is 0 Å². The molecule has 1 amide bonds. The Morgan fingerprint density at radius 3 is 2.90 bits per heavy atom. The van der Waals surface area contributed by atoms with E-state index in [1.807, 2.05) is 30.5 Å². The van der Waals surface area contributed by atoms with Crippen molar-refractivity contribution in [1.82, 2.24) is 19.7 Å². The van der Waals surface area contributed by atoms with Gasteiger partial charge in [-0.1, -0.05) is 23.7 Å². The van der Waals surface area contributed by atoms with Crippen LogP contribution in [0.4, 0.5) is 5.69 Å². The van der Waals surface area contributed by atoms with Gasteiger partial charge in [0.15, 0.2) is 0 Å². The smallest absolute Gasteiger partial charge is 0.225 e. The van der Waals surface area contributed by atoms with Crippen LogP contribution in [0.2, 0.25) is 5.02 Å². The summed E-state index contributed by atoms with van der Waals surface area (Å²) in [4.78, 5) is 20.7. The van der Waals surface area contributed by atoms with Crippen molar-refractivity contribution in [3.05, 3.63) is 70.5 Å². The minimum atomic E-state index is -0.0482. The Morgan fingerprint density at radius 2 is 2.10 bits per heavy atom. The number of nitrogens with one attached hydrogen (secondary N) is 1. The van der Waals surface area contributed by atoms with E-state index in [1.54, 1.807) is 17.1 Å². The number of thiol groups is 1. The Labute approximate surface area is 185 Å². The number of aryl methyl sites for hydroxylation is 2. The monoisotopic (exact) mass is 445 g/mol. The van der Waals surface area contributed by atoms with E-state index in [4.69, 9.17) is 16.7 Å². The first-order valence-electron chi connectivity index (χ1n) is 9.69. The van der Waals surface area contributed by atoms with E-state index >= 15 is 0 Å². The molecule has 2 heterocycles. The molecule has 2 N–H and O–H groups in total. The van der Waals surface area contributed by atoms with Crippen LogP contribution < -0.4 is 5.32 Å². The highest BCUT2D eigenvalue weighted by Crippen LogP contribution is 2.18. The predicted octanol–water partition coefficient (Wildman–Crippen LogP) is 2.95. The van der Waals surface area contributed by atoms with Gasteiger partial charge in [0.1, 0.15) is 5.82 Å². The zero-order valence-electron chi connectivity index (χ0n) is 16.5. The van der Waals surface area contributed by atoms with Gasteiger partial charge in [0, 0.05) is 30.9 Å². The van der Waals surface area contributed by atoms with E-state index in [0.717, 1.165) is 28.9 Å². The second-order valence-corrected chi connectivity index (χ2v) is 7.67. The lowest BCUT2D eigenvalue weighted by atomic mass is 10.1. The van der Waals surface area contributed by atoms with Gasteiger partial charge in [-0.2, -0.15) is 17.7 Å². The van der Waals surface area contributed by atoms with Gasteiger partial charge in [-0.3, -0.25) is 9.48 Å². The van der Waals surface area contributed by atoms with Crippen molar-refractivity contribution in [2.45, 2.75) is 32.2 Å². The molecule has 0 aliphatic carbocycles. The average Bonchev–Trinajstić information content (AvgIpc) is 3.16. The van der Waals surface area contributed by atoms with E-state index in [0.29, 0.717) is 42.4 Å². The highest BCUT2D eigenvalue weighted by molar-refractivity contribution is 7.80. The minimum absolute atomic E-state index is 0.0444. The van der Waals surface area contributed by atoms with E-state index in [9.17, 15) is 4.79 Å². The average molecular weight is 446 g/mol. The normalized spacial score (nSPS) is 10.9. The standard InChI is InChI=1S/C21H24ClN5O2S/c22-18-13-23-20(11-16-12-24-27(14-16)7-8-28)26-19(18)5-4-15-2-1-3-17(10-15)25-21(29)6-9-30/h1-3,10,12-14,28,30H,4-9,11H2,(H,25,29). The van der Waals surface area contributed by atoms with Crippen LogP contribution in [-0.2, 0) is 30.6 Å². The molecular weight excluding hydrogens is 422 g/mol. The van der Waals surface area contributed by atoms with Crippen molar-refractivity contribution >= 4 is 35.8 Å². The molecule has 0 aliphatic heterocycles. The SMILES string of the molecule is O=C(CCS)Nc1cccc(CCc2nc(Cc3cnn(CCO)c3)ncc2Cl)c1. The number of aliphatic hydroxyl groups is 1.